The standard InChI is InChI=1S/C28H37NO5/c1-17(14-19-8-6-7-11-23(19)31)12-13-24(32)25-18(2)15-21-26(22(25)16-30)28(34)29(27(21)33)20-9-4-3-5-10-20/h6-8,11,14,20-22,24,26,30-32H,3-5,9-10,12-13,15-16H2,1-2H3/b17-14+/t21-,22+,24-,26-/m1/s1. The third-order valence-corrected chi connectivity index (χ3v) is 8.01. The van der Waals surface area contributed by atoms with Crippen molar-refractivity contribution in [1.82, 2.24) is 4.90 Å². The average molecular weight is 468 g/mol. The molecule has 1 aliphatic heterocycles. The van der Waals surface area contributed by atoms with Crippen LogP contribution < -0.4 is 0 Å². The predicted octanol–water partition coefficient (Wildman–Crippen LogP) is 4.20. The van der Waals surface area contributed by atoms with Crippen LogP contribution in [0.2, 0.25) is 0 Å². The van der Waals surface area contributed by atoms with Crippen molar-refractivity contribution in [2.45, 2.75) is 77.4 Å². The molecule has 2 aliphatic carbocycles. The molecule has 4 atom stereocenters. The number of hydrogen-bond donors (Lipinski definition) is 3. The van der Waals surface area contributed by atoms with Crippen molar-refractivity contribution in [3.63, 3.8) is 0 Å². The van der Waals surface area contributed by atoms with Gasteiger partial charge in [0, 0.05) is 17.5 Å². The maximum Gasteiger partial charge on any atom is 0.234 e. The number of phenolic OH excluding ortho intramolecular Hbond substituents is 1. The molecule has 1 aromatic rings. The highest BCUT2D eigenvalue weighted by Crippen LogP contribution is 2.47. The fourth-order valence-corrected chi connectivity index (χ4v) is 6.31. The molecule has 0 radical (unpaired) electrons. The molecule has 3 aliphatic rings. The first-order valence-corrected chi connectivity index (χ1v) is 12.6. The van der Waals surface area contributed by atoms with E-state index in [-0.39, 0.29) is 30.2 Å². The molecule has 0 unspecified atom stereocenters. The number of phenols is 1. The number of likely N-dealkylation sites (tertiary alicyclic amines) is 1. The van der Waals surface area contributed by atoms with Gasteiger partial charge in [0.05, 0.1) is 24.5 Å². The van der Waals surface area contributed by atoms with Crippen LogP contribution in [-0.4, -0.2) is 50.8 Å². The molecule has 0 bridgehead atoms. The summed E-state index contributed by atoms with van der Waals surface area (Å²) in [6.45, 7) is 3.63. The minimum absolute atomic E-state index is 0.0189. The third kappa shape index (κ3) is 4.71. The molecule has 0 aromatic heterocycles. The van der Waals surface area contributed by atoms with Crippen LogP contribution in [0.15, 0.2) is 41.0 Å². The minimum atomic E-state index is -0.794. The summed E-state index contributed by atoms with van der Waals surface area (Å²) in [6, 6.07) is 7.10. The predicted molar refractivity (Wildman–Crippen MR) is 131 cm³/mol. The van der Waals surface area contributed by atoms with Gasteiger partial charge in [-0.05, 0) is 57.6 Å². The van der Waals surface area contributed by atoms with Crippen LogP contribution in [0.5, 0.6) is 5.75 Å². The van der Waals surface area contributed by atoms with Gasteiger partial charge in [-0.1, -0.05) is 54.7 Å². The number of carbonyl (C=O) groups excluding carboxylic acids is 2. The summed E-state index contributed by atoms with van der Waals surface area (Å²) in [7, 11) is 0. The first-order chi connectivity index (χ1) is 16.3. The van der Waals surface area contributed by atoms with Gasteiger partial charge in [-0.15, -0.1) is 0 Å². The van der Waals surface area contributed by atoms with Crippen LogP contribution in [0.25, 0.3) is 6.08 Å². The molecule has 6 nitrogen and oxygen atoms in total. The fraction of sp³-hybridized carbons (Fsp3) is 0.571. The van der Waals surface area contributed by atoms with E-state index >= 15 is 0 Å². The smallest absolute Gasteiger partial charge is 0.234 e. The Bertz CT molecular complexity index is 990. The zero-order chi connectivity index (χ0) is 24.4. The van der Waals surface area contributed by atoms with Crippen molar-refractivity contribution >= 4 is 17.9 Å². The molecule has 2 amide bonds. The van der Waals surface area contributed by atoms with Crippen LogP contribution in [0, 0.1) is 17.8 Å². The Balaban J connectivity index is 1.49. The first-order valence-electron chi connectivity index (χ1n) is 12.6. The van der Waals surface area contributed by atoms with Crippen molar-refractivity contribution in [1.29, 1.82) is 0 Å². The number of amides is 2. The van der Waals surface area contributed by atoms with Crippen molar-refractivity contribution < 1.29 is 24.9 Å². The molecule has 34 heavy (non-hydrogen) atoms. The Kier molecular flexibility index (Phi) is 7.58. The number of benzene rings is 1. The molecule has 1 saturated heterocycles. The number of nitrogens with zero attached hydrogens (tertiary/aromatic N) is 1. The number of aromatic hydroxyl groups is 1. The lowest BCUT2D eigenvalue weighted by atomic mass is 9.68. The van der Waals surface area contributed by atoms with Gasteiger partial charge in [0.2, 0.25) is 11.8 Å². The summed E-state index contributed by atoms with van der Waals surface area (Å²) in [5, 5.41) is 31.5. The highest BCUT2D eigenvalue weighted by molar-refractivity contribution is 6.06. The number of rotatable bonds is 7. The van der Waals surface area contributed by atoms with Crippen molar-refractivity contribution in [3.8, 4) is 5.75 Å². The van der Waals surface area contributed by atoms with Gasteiger partial charge in [-0.25, -0.2) is 0 Å². The van der Waals surface area contributed by atoms with E-state index in [1.54, 1.807) is 12.1 Å². The summed E-state index contributed by atoms with van der Waals surface area (Å²) in [6.07, 6.45) is 7.59. The molecular formula is C28H37NO5. The number of allylic oxidation sites excluding steroid dienone is 2. The normalized spacial score (nSPS) is 27.4. The van der Waals surface area contributed by atoms with E-state index in [9.17, 15) is 24.9 Å². The first kappa shape index (κ1) is 24.7. The highest BCUT2D eigenvalue weighted by atomic mass is 16.3. The highest BCUT2D eigenvalue weighted by Gasteiger charge is 2.55. The van der Waals surface area contributed by atoms with Crippen LogP contribution in [0.1, 0.15) is 70.8 Å². The largest absolute Gasteiger partial charge is 0.507 e. The summed E-state index contributed by atoms with van der Waals surface area (Å²) in [4.78, 5) is 28.2. The number of imide groups is 1. The molecule has 4 rings (SSSR count). The second-order valence-corrected chi connectivity index (χ2v) is 10.3. The van der Waals surface area contributed by atoms with Crippen LogP contribution in [-0.2, 0) is 9.59 Å². The molecule has 1 aromatic carbocycles. The Morgan fingerprint density at radius 1 is 1.15 bits per heavy atom. The topological polar surface area (TPSA) is 98.1 Å². The van der Waals surface area contributed by atoms with Gasteiger partial charge in [0.25, 0.3) is 0 Å². The molecule has 1 saturated carbocycles. The van der Waals surface area contributed by atoms with E-state index in [0.29, 0.717) is 19.3 Å². The second kappa shape index (κ2) is 10.4. The lowest BCUT2D eigenvalue weighted by Crippen LogP contribution is -2.42. The molecule has 1 heterocycles. The van der Waals surface area contributed by atoms with Crippen molar-refractivity contribution in [2.75, 3.05) is 6.61 Å². The number of aliphatic hydroxyl groups excluding tert-OH is 2. The van der Waals surface area contributed by atoms with Gasteiger partial charge in [0.1, 0.15) is 5.75 Å². The number of aliphatic hydroxyl groups is 2. The molecule has 184 valence electrons. The summed E-state index contributed by atoms with van der Waals surface area (Å²) < 4.78 is 0. The Labute approximate surface area is 202 Å². The number of hydrogen-bond acceptors (Lipinski definition) is 5. The zero-order valence-electron chi connectivity index (χ0n) is 20.2. The average Bonchev–Trinajstić information content (AvgIpc) is 3.08. The molecule has 6 heteroatoms. The number of fused-ring (bicyclic) bond motifs is 1. The lowest BCUT2D eigenvalue weighted by Gasteiger charge is -2.35. The van der Waals surface area contributed by atoms with Gasteiger partial charge in [0.15, 0.2) is 0 Å². The monoisotopic (exact) mass is 467 g/mol. The molecule has 3 N–H and O–H groups in total. The van der Waals surface area contributed by atoms with Crippen molar-refractivity contribution in [2.24, 2.45) is 17.8 Å². The molecule has 2 fully saturated rings. The van der Waals surface area contributed by atoms with Gasteiger partial charge < -0.3 is 15.3 Å². The van der Waals surface area contributed by atoms with E-state index in [1.165, 1.54) is 4.90 Å². The van der Waals surface area contributed by atoms with Crippen molar-refractivity contribution in [3.05, 3.63) is 46.5 Å². The second-order valence-electron chi connectivity index (χ2n) is 10.3. The van der Waals surface area contributed by atoms with Gasteiger partial charge in [-0.2, -0.15) is 0 Å². The van der Waals surface area contributed by atoms with E-state index < -0.39 is 23.9 Å². The van der Waals surface area contributed by atoms with E-state index in [1.807, 2.05) is 32.1 Å². The van der Waals surface area contributed by atoms with Crippen LogP contribution >= 0.6 is 0 Å². The fourth-order valence-electron chi connectivity index (χ4n) is 6.31. The summed E-state index contributed by atoms with van der Waals surface area (Å²) in [5.41, 5.74) is 3.40. The molecule has 0 spiro atoms. The maximum absolute atomic E-state index is 13.5. The SMILES string of the molecule is CC1=C([C@H](O)CC/C(C)=C/c2ccccc2O)[C@H](CO)[C@@H]2C(=O)N(C3CCCCC3)C(=O)[C@@H]2C1. The zero-order valence-corrected chi connectivity index (χ0v) is 20.2. The van der Waals surface area contributed by atoms with Gasteiger partial charge in [-0.3, -0.25) is 14.5 Å². The number of para-hydroxylation sites is 1. The minimum Gasteiger partial charge on any atom is -0.507 e. The van der Waals surface area contributed by atoms with Crippen LogP contribution in [0.3, 0.4) is 0 Å². The Hall–Kier alpha value is -2.44. The van der Waals surface area contributed by atoms with E-state index in [0.717, 1.165) is 54.4 Å². The quantitative estimate of drug-likeness (QED) is 0.412. The summed E-state index contributed by atoms with van der Waals surface area (Å²) in [5.74, 6) is -1.56. The van der Waals surface area contributed by atoms with Gasteiger partial charge >= 0.3 is 0 Å². The van der Waals surface area contributed by atoms with E-state index in [4.69, 9.17) is 0 Å². The lowest BCUT2D eigenvalue weighted by molar-refractivity contribution is -0.143. The third-order valence-electron chi connectivity index (χ3n) is 8.01. The van der Waals surface area contributed by atoms with Crippen LogP contribution in [0.4, 0.5) is 0 Å². The Morgan fingerprint density at radius 2 is 1.85 bits per heavy atom. The maximum atomic E-state index is 13.5. The Morgan fingerprint density at radius 3 is 2.53 bits per heavy atom. The van der Waals surface area contributed by atoms with E-state index in [2.05, 4.69) is 0 Å². The number of carbonyl (C=O) groups is 2. The molecular weight excluding hydrogens is 430 g/mol. The summed E-state index contributed by atoms with van der Waals surface area (Å²) >= 11 is 0.